The van der Waals surface area contributed by atoms with Crippen molar-refractivity contribution >= 4 is 0 Å². The molecule has 26 heavy (non-hydrogen) atoms. The van der Waals surface area contributed by atoms with Crippen molar-refractivity contribution in [1.82, 2.24) is 15.5 Å². The number of H-pyrrole nitrogens is 1. The third-order valence-electron chi connectivity index (χ3n) is 4.01. The Morgan fingerprint density at radius 3 is 2.65 bits per heavy atom. The molecule has 5 heteroatoms. The van der Waals surface area contributed by atoms with Gasteiger partial charge in [0.25, 0.3) is 0 Å². The molecule has 2 heterocycles. The lowest BCUT2D eigenvalue weighted by molar-refractivity contribution is -0.0149. The Hall–Kier alpha value is -2.37. The molecule has 3 aromatic rings. The zero-order valence-corrected chi connectivity index (χ0v) is 15.9. The molecule has 138 valence electrons. The molecule has 2 aromatic heterocycles. The van der Waals surface area contributed by atoms with Gasteiger partial charge in [0.15, 0.2) is 5.76 Å². The summed E-state index contributed by atoms with van der Waals surface area (Å²) in [7, 11) is 0. The van der Waals surface area contributed by atoms with Crippen LogP contribution >= 0.6 is 0 Å². The highest BCUT2D eigenvalue weighted by Gasteiger charge is 2.12. The van der Waals surface area contributed by atoms with Crippen molar-refractivity contribution in [2.45, 2.75) is 53.0 Å². The van der Waals surface area contributed by atoms with Gasteiger partial charge in [-0.05, 0) is 51.0 Å². The topological polar surface area (TPSA) is 63.1 Å². The molecule has 0 fully saturated rings. The van der Waals surface area contributed by atoms with Crippen molar-refractivity contribution in [2.75, 3.05) is 0 Å². The first kappa shape index (κ1) is 18.4. The number of hydrogen-bond donors (Lipinski definition) is 2. The van der Waals surface area contributed by atoms with E-state index in [2.05, 4.69) is 60.6 Å². The van der Waals surface area contributed by atoms with Gasteiger partial charge >= 0.3 is 0 Å². The number of aromatic nitrogens is 2. The molecule has 0 aliphatic rings. The number of rotatable bonds is 7. The minimum Gasteiger partial charge on any atom is -0.460 e. The fraction of sp³-hybridized carbons (Fsp3) is 0.381. The summed E-state index contributed by atoms with van der Waals surface area (Å²) in [5.74, 6) is 1.71. The van der Waals surface area contributed by atoms with Crippen molar-refractivity contribution in [3.63, 3.8) is 0 Å². The van der Waals surface area contributed by atoms with E-state index in [9.17, 15) is 0 Å². The zero-order chi connectivity index (χ0) is 18.6. The van der Waals surface area contributed by atoms with E-state index in [1.165, 1.54) is 11.1 Å². The van der Waals surface area contributed by atoms with Crippen molar-refractivity contribution in [1.29, 1.82) is 0 Å². The number of hydrogen-bond acceptors (Lipinski definition) is 4. The van der Waals surface area contributed by atoms with Crippen LogP contribution in [0.4, 0.5) is 0 Å². The van der Waals surface area contributed by atoms with Gasteiger partial charge in [0.2, 0.25) is 0 Å². The first-order chi connectivity index (χ1) is 12.4. The summed E-state index contributed by atoms with van der Waals surface area (Å²) in [4.78, 5) is 0. The minimum atomic E-state index is -0.129. The summed E-state index contributed by atoms with van der Waals surface area (Å²) in [6, 6.07) is 12.4. The van der Waals surface area contributed by atoms with Gasteiger partial charge in [0, 0.05) is 18.7 Å². The number of ether oxygens (including phenoxy) is 1. The summed E-state index contributed by atoms with van der Waals surface area (Å²) < 4.78 is 11.5. The first-order valence-corrected chi connectivity index (χ1v) is 8.92. The monoisotopic (exact) mass is 353 g/mol. The van der Waals surface area contributed by atoms with Crippen molar-refractivity contribution < 1.29 is 9.15 Å². The van der Waals surface area contributed by atoms with E-state index >= 15 is 0 Å². The number of aryl methyl sites for hydroxylation is 1. The van der Waals surface area contributed by atoms with E-state index in [1.807, 2.05) is 25.3 Å². The van der Waals surface area contributed by atoms with Gasteiger partial charge in [-0.2, -0.15) is 5.10 Å². The molecule has 1 aromatic carbocycles. The maximum atomic E-state index is 5.86. The van der Waals surface area contributed by atoms with Gasteiger partial charge < -0.3 is 14.5 Å². The van der Waals surface area contributed by atoms with Crippen LogP contribution in [0.1, 0.15) is 43.2 Å². The van der Waals surface area contributed by atoms with Crippen LogP contribution in [-0.2, 0) is 24.4 Å². The van der Waals surface area contributed by atoms with Crippen LogP contribution in [0.2, 0.25) is 0 Å². The molecule has 3 rings (SSSR count). The van der Waals surface area contributed by atoms with Crippen LogP contribution in [0.5, 0.6) is 0 Å². The molecule has 0 atom stereocenters. The van der Waals surface area contributed by atoms with Gasteiger partial charge in [0.05, 0.1) is 18.4 Å². The van der Waals surface area contributed by atoms with Crippen LogP contribution < -0.4 is 5.32 Å². The molecule has 0 bridgehead atoms. The van der Waals surface area contributed by atoms with Gasteiger partial charge in [-0.15, -0.1) is 0 Å². The Kier molecular flexibility index (Phi) is 5.59. The zero-order valence-electron chi connectivity index (χ0n) is 15.9. The second-order valence-corrected chi connectivity index (χ2v) is 7.51. The maximum Gasteiger partial charge on any atom is 0.152 e. The van der Waals surface area contributed by atoms with E-state index in [-0.39, 0.29) is 5.60 Å². The summed E-state index contributed by atoms with van der Waals surface area (Å²) in [5, 5.41) is 10.7. The average molecular weight is 353 g/mol. The SMILES string of the molecule is Cc1ccc(-c2[nH]ncc2CNCc2cccc(COC(C)(C)C)c2)o1. The van der Waals surface area contributed by atoms with E-state index in [0.717, 1.165) is 29.3 Å². The molecule has 2 N–H and O–H groups in total. The Balaban J connectivity index is 1.57. The third-order valence-corrected chi connectivity index (χ3v) is 4.01. The van der Waals surface area contributed by atoms with Gasteiger partial charge in [-0.3, -0.25) is 5.10 Å². The summed E-state index contributed by atoms with van der Waals surface area (Å²) in [5.41, 5.74) is 4.31. The first-order valence-electron chi connectivity index (χ1n) is 8.92. The van der Waals surface area contributed by atoms with Crippen molar-refractivity contribution in [2.24, 2.45) is 0 Å². The van der Waals surface area contributed by atoms with Crippen LogP contribution in [0.3, 0.4) is 0 Å². The fourth-order valence-electron chi connectivity index (χ4n) is 2.70. The highest BCUT2D eigenvalue weighted by Crippen LogP contribution is 2.23. The Morgan fingerprint density at radius 1 is 1.12 bits per heavy atom. The minimum absolute atomic E-state index is 0.129. The van der Waals surface area contributed by atoms with Crippen LogP contribution in [0, 0.1) is 6.92 Å². The largest absolute Gasteiger partial charge is 0.460 e. The summed E-state index contributed by atoms with van der Waals surface area (Å²) in [6.45, 7) is 10.3. The van der Waals surface area contributed by atoms with Crippen LogP contribution in [0.25, 0.3) is 11.5 Å². The summed E-state index contributed by atoms with van der Waals surface area (Å²) in [6.07, 6.45) is 1.84. The number of benzene rings is 1. The lowest BCUT2D eigenvalue weighted by atomic mass is 10.1. The average Bonchev–Trinajstić information content (AvgIpc) is 3.21. The second kappa shape index (κ2) is 7.89. The van der Waals surface area contributed by atoms with E-state index in [0.29, 0.717) is 13.2 Å². The number of nitrogens with zero attached hydrogens (tertiary/aromatic N) is 1. The second-order valence-electron chi connectivity index (χ2n) is 7.51. The van der Waals surface area contributed by atoms with E-state index < -0.39 is 0 Å². The molecule has 5 nitrogen and oxygen atoms in total. The highest BCUT2D eigenvalue weighted by atomic mass is 16.5. The number of nitrogens with one attached hydrogen (secondary N) is 2. The Bertz CT molecular complexity index is 843. The third kappa shape index (κ3) is 5.07. The lowest BCUT2D eigenvalue weighted by Crippen LogP contribution is -2.18. The number of aromatic amines is 1. The smallest absolute Gasteiger partial charge is 0.152 e. The van der Waals surface area contributed by atoms with E-state index in [4.69, 9.17) is 9.15 Å². The Morgan fingerprint density at radius 2 is 1.92 bits per heavy atom. The predicted octanol–water partition coefficient (Wildman–Crippen LogP) is 4.58. The summed E-state index contributed by atoms with van der Waals surface area (Å²) >= 11 is 0. The maximum absolute atomic E-state index is 5.86. The molecule has 0 radical (unpaired) electrons. The quantitative estimate of drug-likeness (QED) is 0.652. The van der Waals surface area contributed by atoms with Gasteiger partial charge in [0.1, 0.15) is 11.5 Å². The van der Waals surface area contributed by atoms with Gasteiger partial charge in [-0.1, -0.05) is 24.3 Å². The molecular weight excluding hydrogens is 326 g/mol. The highest BCUT2D eigenvalue weighted by molar-refractivity contribution is 5.56. The number of furan rings is 1. The molecule has 0 saturated heterocycles. The Labute approximate surface area is 154 Å². The van der Waals surface area contributed by atoms with Crippen molar-refractivity contribution in [3.05, 3.63) is 65.0 Å². The molecule has 0 spiro atoms. The van der Waals surface area contributed by atoms with Crippen molar-refractivity contribution in [3.8, 4) is 11.5 Å². The van der Waals surface area contributed by atoms with Gasteiger partial charge in [-0.25, -0.2) is 0 Å². The van der Waals surface area contributed by atoms with E-state index in [1.54, 1.807) is 0 Å². The lowest BCUT2D eigenvalue weighted by Gasteiger charge is -2.19. The molecule has 0 aliphatic carbocycles. The van der Waals surface area contributed by atoms with Crippen LogP contribution in [0.15, 0.2) is 47.0 Å². The molecule has 0 saturated carbocycles. The predicted molar refractivity (Wildman–Crippen MR) is 103 cm³/mol. The molecule has 0 aliphatic heterocycles. The molecular formula is C21H27N3O2. The normalized spacial score (nSPS) is 11.8. The fourth-order valence-corrected chi connectivity index (χ4v) is 2.70. The molecule has 0 amide bonds. The molecule has 0 unspecified atom stereocenters. The standard InChI is InChI=1S/C21H27N3O2/c1-15-8-9-19(26-15)20-18(13-23-24-20)12-22-11-16-6-5-7-17(10-16)14-25-21(2,3)4/h5-10,13,22H,11-12,14H2,1-4H3,(H,23,24). The van der Waals surface area contributed by atoms with Crippen LogP contribution in [-0.4, -0.2) is 15.8 Å².